The molecule has 0 radical (unpaired) electrons. The van der Waals surface area contributed by atoms with Gasteiger partial charge in [-0.3, -0.25) is 4.40 Å². The molecule has 2 aromatic heterocycles. The third-order valence-electron chi connectivity index (χ3n) is 4.02. The van der Waals surface area contributed by atoms with E-state index in [0.717, 1.165) is 35.6 Å². The number of nitrogens with zero attached hydrogens (tertiary/aromatic N) is 5. The first-order valence-electron chi connectivity index (χ1n) is 7.27. The van der Waals surface area contributed by atoms with E-state index >= 15 is 0 Å². The second-order valence-electron chi connectivity index (χ2n) is 5.35. The smallest absolute Gasteiger partial charge is 0.204 e. The summed E-state index contributed by atoms with van der Waals surface area (Å²) in [5.74, 6) is 0.975. The highest BCUT2D eigenvalue weighted by Crippen LogP contribution is 2.25. The Morgan fingerprint density at radius 1 is 0.950 bits per heavy atom. The molecule has 5 heteroatoms. The molecular formula is C15H17N5. The molecule has 1 aliphatic heterocycles. The molecule has 0 unspecified atom stereocenters. The molecule has 0 amide bonds. The molecule has 0 N–H and O–H groups in total. The second kappa shape index (κ2) is 4.74. The number of benzene rings is 1. The van der Waals surface area contributed by atoms with E-state index in [2.05, 4.69) is 27.2 Å². The maximum atomic E-state index is 4.84. The summed E-state index contributed by atoms with van der Waals surface area (Å²) in [7, 11) is 0. The van der Waals surface area contributed by atoms with E-state index in [4.69, 9.17) is 4.98 Å². The lowest BCUT2D eigenvalue weighted by Gasteiger charge is -2.22. The first-order valence-corrected chi connectivity index (χ1v) is 7.27. The fourth-order valence-electron chi connectivity index (χ4n) is 2.98. The minimum Gasteiger partial charge on any atom is -0.353 e. The summed E-state index contributed by atoms with van der Waals surface area (Å²) in [5, 5.41) is 8.36. The highest BCUT2D eigenvalue weighted by Gasteiger charge is 2.17. The predicted octanol–water partition coefficient (Wildman–Crippen LogP) is 2.66. The Bertz CT molecular complexity index is 740. The third kappa shape index (κ3) is 1.81. The van der Waals surface area contributed by atoms with Crippen molar-refractivity contribution in [3.8, 4) is 0 Å². The lowest BCUT2D eigenvalue weighted by molar-refractivity contribution is 0.726. The predicted molar refractivity (Wildman–Crippen MR) is 79.0 cm³/mol. The fraction of sp³-hybridized carbons (Fsp3) is 0.400. The minimum atomic E-state index is 0.866. The van der Waals surface area contributed by atoms with Crippen LogP contribution in [0.1, 0.15) is 25.7 Å². The van der Waals surface area contributed by atoms with Crippen molar-refractivity contribution >= 4 is 22.5 Å². The van der Waals surface area contributed by atoms with Gasteiger partial charge in [-0.05, 0) is 25.0 Å². The van der Waals surface area contributed by atoms with Crippen LogP contribution in [0.15, 0.2) is 30.6 Å². The van der Waals surface area contributed by atoms with Gasteiger partial charge < -0.3 is 4.90 Å². The van der Waals surface area contributed by atoms with E-state index in [9.17, 15) is 0 Å². The van der Waals surface area contributed by atoms with Gasteiger partial charge in [-0.2, -0.15) is 0 Å². The van der Waals surface area contributed by atoms with Crippen molar-refractivity contribution in [1.29, 1.82) is 0 Å². The number of anilines is 1. The zero-order chi connectivity index (χ0) is 13.4. The third-order valence-corrected chi connectivity index (χ3v) is 4.02. The first kappa shape index (κ1) is 11.6. The summed E-state index contributed by atoms with van der Waals surface area (Å²) in [6.07, 6.45) is 6.87. The van der Waals surface area contributed by atoms with Gasteiger partial charge >= 0.3 is 0 Å². The van der Waals surface area contributed by atoms with Crippen LogP contribution in [0.3, 0.4) is 0 Å². The monoisotopic (exact) mass is 267 g/mol. The lowest BCUT2D eigenvalue weighted by atomic mass is 10.2. The van der Waals surface area contributed by atoms with Crippen LogP contribution in [0.25, 0.3) is 16.7 Å². The molecule has 3 aromatic rings. The van der Waals surface area contributed by atoms with Crippen molar-refractivity contribution in [2.75, 3.05) is 18.0 Å². The van der Waals surface area contributed by atoms with Gasteiger partial charge in [0.15, 0.2) is 5.82 Å². The average molecular weight is 267 g/mol. The molecular weight excluding hydrogens is 250 g/mol. The van der Waals surface area contributed by atoms with Crippen LogP contribution in [-0.2, 0) is 0 Å². The minimum absolute atomic E-state index is 0.866. The molecule has 102 valence electrons. The molecule has 0 atom stereocenters. The Kier molecular flexibility index (Phi) is 2.76. The summed E-state index contributed by atoms with van der Waals surface area (Å²) in [4.78, 5) is 7.21. The van der Waals surface area contributed by atoms with Crippen LogP contribution in [-0.4, -0.2) is 32.7 Å². The Balaban J connectivity index is 1.94. The SMILES string of the molecule is c1ccc2c(c1)nc(N1CCCCCC1)c1nncn12. The second-order valence-corrected chi connectivity index (χ2v) is 5.35. The Morgan fingerprint density at radius 3 is 2.60 bits per heavy atom. The summed E-state index contributed by atoms with van der Waals surface area (Å²) in [6.45, 7) is 2.13. The first-order chi connectivity index (χ1) is 9.93. The largest absolute Gasteiger partial charge is 0.353 e. The Morgan fingerprint density at radius 2 is 1.75 bits per heavy atom. The van der Waals surface area contributed by atoms with Gasteiger partial charge in [0, 0.05) is 13.1 Å². The average Bonchev–Trinajstić information content (AvgIpc) is 2.82. The summed E-state index contributed by atoms with van der Waals surface area (Å²) < 4.78 is 2.04. The molecule has 0 aliphatic carbocycles. The maximum absolute atomic E-state index is 4.84. The van der Waals surface area contributed by atoms with Gasteiger partial charge in [0.25, 0.3) is 0 Å². The van der Waals surface area contributed by atoms with Crippen LogP contribution in [0.4, 0.5) is 5.82 Å². The molecule has 5 nitrogen and oxygen atoms in total. The summed E-state index contributed by atoms with van der Waals surface area (Å²) in [5.41, 5.74) is 2.93. The fourth-order valence-corrected chi connectivity index (χ4v) is 2.98. The Labute approximate surface area is 117 Å². The van der Waals surface area contributed by atoms with Crippen molar-refractivity contribution in [2.45, 2.75) is 25.7 Å². The van der Waals surface area contributed by atoms with Crippen molar-refractivity contribution in [3.63, 3.8) is 0 Å². The molecule has 4 rings (SSSR count). The molecule has 1 fully saturated rings. The van der Waals surface area contributed by atoms with Crippen LogP contribution in [0.2, 0.25) is 0 Å². The molecule has 1 saturated heterocycles. The van der Waals surface area contributed by atoms with Gasteiger partial charge in [0.1, 0.15) is 6.33 Å². The summed E-state index contributed by atoms with van der Waals surface area (Å²) in [6, 6.07) is 8.16. The van der Waals surface area contributed by atoms with Crippen molar-refractivity contribution in [1.82, 2.24) is 19.6 Å². The zero-order valence-corrected chi connectivity index (χ0v) is 11.4. The molecule has 20 heavy (non-hydrogen) atoms. The van der Waals surface area contributed by atoms with E-state index in [0.29, 0.717) is 0 Å². The van der Waals surface area contributed by atoms with Crippen molar-refractivity contribution < 1.29 is 0 Å². The maximum Gasteiger partial charge on any atom is 0.204 e. The van der Waals surface area contributed by atoms with Crippen LogP contribution in [0, 0.1) is 0 Å². The van der Waals surface area contributed by atoms with Gasteiger partial charge in [-0.25, -0.2) is 4.98 Å². The number of rotatable bonds is 1. The van der Waals surface area contributed by atoms with Crippen molar-refractivity contribution in [3.05, 3.63) is 30.6 Å². The van der Waals surface area contributed by atoms with E-state index in [-0.39, 0.29) is 0 Å². The summed E-state index contributed by atoms with van der Waals surface area (Å²) >= 11 is 0. The topological polar surface area (TPSA) is 46.3 Å². The van der Waals surface area contributed by atoms with E-state index in [1.807, 2.05) is 16.5 Å². The van der Waals surface area contributed by atoms with Crippen LogP contribution in [0.5, 0.6) is 0 Å². The van der Waals surface area contributed by atoms with E-state index < -0.39 is 0 Å². The van der Waals surface area contributed by atoms with Crippen LogP contribution < -0.4 is 4.90 Å². The number of aromatic nitrogens is 4. The Hall–Kier alpha value is -2.17. The van der Waals surface area contributed by atoms with Crippen molar-refractivity contribution in [2.24, 2.45) is 0 Å². The molecule has 1 aromatic carbocycles. The number of fused-ring (bicyclic) bond motifs is 3. The lowest BCUT2D eigenvalue weighted by Crippen LogP contribution is -2.25. The van der Waals surface area contributed by atoms with Gasteiger partial charge in [-0.1, -0.05) is 25.0 Å². The van der Waals surface area contributed by atoms with Gasteiger partial charge in [0.05, 0.1) is 11.0 Å². The highest BCUT2D eigenvalue weighted by atomic mass is 15.3. The van der Waals surface area contributed by atoms with E-state index in [1.54, 1.807) is 6.33 Å². The van der Waals surface area contributed by atoms with Gasteiger partial charge in [0.2, 0.25) is 5.65 Å². The highest BCUT2D eigenvalue weighted by molar-refractivity contribution is 5.82. The molecule has 0 spiro atoms. The molecule has 1 aliphatic rings. The number of hydrogen-bond donors (Lipinski definition) is 0. The van der Waals surface area contributed by atoms with Crippen LogP contribution >= 0.6 is 0 Å². The van der Waals surface area contributed by atoms with E-state index in [1.165, 1.54) is 25.7 Å². The molecule has 0 saturated carbocycles. The molecule has 0 bridgehead atoms. The number of para-hydroxylation sites is 2. The molecule has 3 heterocycles. The number of hydrogen-bond acceptors (Lipinski definition) is 4. The quantitative estimate of drug-likeness (QED) is 0.680. The van der Waals surface area contributed by atoms with Gasteiger partial charge in [-0.15, -0.1) is 10.2 Å². The zero-order valence-electron chi connectivity index (χ0n) is 11.4. The standard InChI is InChI=1S/C15H17N5/c1-2-6-10-19(9-5-1)14-15-18-16-11-20(15)13-8-4-3-7-12(13)17-14/h3-4,7-8,11H,1-2,5-6,9-10H2. The normalized spacial score (nSPS) is 16.7.